The number of thioether (sulfide) groups is 1. The van der Waals surface area contributed by atoms with Gasteiger partial charge in [0, 0.05) is 35.4 Å². The van der Waals surface area contributed by atoms with E-state index < -0.39 is 10.8 Å². The topological polar surface area (TPSA) is 84.7 Å². The zero-order chi connectivity index (χ0) is 18.5. The normalized spacial score (nSPS) is 14.1. The number of benzene rings is 2. The highest BCUT2D eigenvalue weighted by Gasteiger charge is 2.21. The van der Waals surface area contributed by atoms with Gasteiger partial charge in [0.1, 0.15) is 5.56 Å². The molecule has 0 unspecified atom stereocenters. The van der Waals surface area contributed by atoms with Gasteiger partial charge in [0.05, 0.1) is 18.1 Å². The number of ether oxygens (including phenoxy) is 1. The summed E-state index contributed by atoms with van der Waals surface area (Å²) in [5, 5.41) is 13.9. The van der Waals surface area contributed by atoms with E-state index in [0.29, 0.717) is 18.9 Å². The van der Waals surface area contributed by atoms with Crippen molar-refractivity contribution in [3.63, 3.8) is 0 Å². The summed E-state index contributed by atoms with van der Waals surface area (Å²) in [5.74, 6) is -0.494. The zero-order valence-electron chi connectivity index (χ0n) is 14.3. The largest absolute Gasteiger partial charge is 0.378 e. The van der Waals surface area contributed by atoms with Crippen molar-refractivity contribution < 1.29 is 14.5 Å². The average molecular weight is 373 g/mol. The van der Waals surface area contributed by atoms with E-state index in [9.17, 15) is 14.9 Å². The second-order valence-corrected chi connectivity index (χ2v) is 6.62. The van der Waals surface area contributed by atoms with Crippen molar-refractivity contribution in [2.45, 2.75) is 4.90 Å². The Bertz CT molecular complexity index is 805. The Labute approximate surface area is 155 Å². The number of nitro benzene ring substituents is 1. The highest BCUT2D eigenvalue weighted by molar-refractivity contribution is 7.98. The first-order valence-electron chi connectivity index (χ1n) is 8.15. The van der Waals surface area contributed by atoms with Gasteiger partial charge < -0.3 is 15.0 Å². The van der Waals surface area contributed by atoms with Gasteiger partial charge in [-0.1, -0.05) is 0 Å². The lowest BCUT2D eigenvalue weighted by Crippen LogP contribution is -2.36. The first-order chi connectivity index (χ1) is 12.6. The van der Waals surface area contributed by atoms with Crippen LogP contribution >= 0.6 is 11.8 Å². The number of hydrogen-bond donors (Lipinski definition) is 1. The molecule has 136 valence electrons. The monoisotopic (exact) mass is 373 g/mol. The van der Waals surface area contributed by atoms with Crippen LogP contribution in [0.1, 0.15) is 10.4 Å². The van der Waals surface area contributed by atoms with Crippen LogP contribution in [0.15, 0.2) is 47.4 Å². The molecule has 1 amide bonds. The Kier molecular flexibility index (Phi) is 5.75. The summed E-state index contributed by atoms with van der Waals surface area (Å²) in [6, 6.07) is 12.0. The smallest absolute Gasteiger partial charge is 0.282 e. The Morgan fingerprint density at radius 2 is 1.88 bits per heavy atom. The number of rotatable bonds is 5. The molecule has 7 nitrogen and oxygen atoms in total. The van der Waals surface area contributed by atoms with Crippen LogP contribution in [-0.2, 0) is 4.74 Å². The first-order valence-corrected chi connectivity index (χ1v) is 9.37. The molecule has 0 radical (unpaired) electrons. The van der Waals surface area contributed by atoms with Crippen LogP contribution in [0.4, 0.5) is 17.1 Å². The molecule has 1 N–H and O–H groups in total. The SMILES string of the molecule is CSc1ccc([N+](=O)[O-])c(C(=O)Nc2ccc(N3CCOCC3)cc2)c1. The second-order valence-electron chi connectivity index (χ2n) is 5.74. The zero-order valence-corrected chi connectivity index (χ0v) is 15.1. The van der Waals surface area contributed by atoms with Gasteiger partial charge in [0.25, 0.3) is 11.6 Å². The van der Waals surface area contributed by atoms with Gasteiger partial charge >= 0.3 is 0 Å². The maximum absolute atomic E-state index is 12.5. The molecule has 2 aromatic rings. The molecule has 3 rings (SSSR count). The lowest BCUT2D eigenvalue weighted by Gasteiger charge is -2.28. The molecule has 0 aliphatic carbocycles. The van der Waals surface area contributed by atoms with Crippen molar-refractivity contribution in [2.75, 3.05) is 42.8 Å². The van der Waals surface area contributed by atoms with Crippen LogP contribution < -0.4 is 10.2 Å². The number of carbonyl (C=O) groups is 1. The van der Waals surface area contributed by atoms with Gasteiger partial charge in [-0.05, 0) is 42.7 Å². The molecule has 0 spiro atoms. The predicted molar refractivity (Wildman–Crippen MR) is 102 cm³/mol. The van der Waals surface area contributed by atoms with Gasteiger partial charge in [-0.15, -0.1) is 11.8 Å². The van der Waals surface area contributed by atoms with Crippen LogP contribution in [0, 0.1) is 10.1 Å². The van der Waals surface area contributed by atoms with E-state index in [1.54, 1.807) is 24.3 Å². The minimum Gasteiger partial charge on any atom is -0.378 e. The predicted octanol–water partition coefficient (Wildman–Crippen LogP) is 3.41. The summed E-state index contributed by atoms with van der Waals surface area (Å²) in [5.41, 5.74) is 1.50. The molecule has 1 saturated heterocycles. The number of nitro groups is 1. The molecule has 0 bridgehead atoms. The highest BCUT2D eigenvalue weighted by Crippen LogP contribution is 2.26. The molecule has 0 atom stereocenters. The fourth-order valence-electron chi connectivity index (χ4n) is 2.76. The molecular formula is C18H19N3O4S. The summed E-state index contributed by atoms with van der Waals surface area (Å²) in [4.78, 5) is 26.2. The number of anilines is 2. The Morgan fingerprint density at radius 1 is 1.19 bits per heavy atom. The molecule has 2 aromatic carbocycles. The van der Waals surface area contributed by atoms with E-state index >= 15 is 0 Å². The molecule has 8 heteroatoms. The molecule has 26 heavy (non-hydrogen) atoms. The third-order valence-electron chi connectivity index (χ3n) is 4.15. The van der Waals surface area contributed by atoms with Gasteiger partial charge in [0.2, 0.25) is 0 Å². The summed E-state index contributed by atoms with van der Waals surface area (Å²) in [7, 11) is 0. The fraction of sp³-hybridized carbons (Fsp3) is 0.278. The second kappa shape index (κ2) is 8.20. The van der Waals surface area contributed by atoms with Crippen molar-refractivity contribution in [1.82, 2.24) is 0 Å². The van der Waals surface area contributed by atoms with E-state index in [0.717, 1.165) is 23.7 Å². The van der Waals surface area contributed by atoms with Crippen LogP contribution in [-0.4, -0.2) is 43.4 Å². The molecule has 0 saturated carbocycles. The van der Waals surface area contributed by atoms with Gasteiger partial charge in [-0.3, -0.25) is 14.9 Å². The van der Waals surface area contributed by atoms with Crippen molar-refractivity contribution in [3.8, 4) is 0 Å². The number of nitrogens with zero attached hydrogens (tertiary/aromatic N) is 2. The summed E-state index contributed by atoms with van der Waals surface area (Å²) < 4.78 is 5.34. The van der Waals surface area contributed by atoms with Crippen molar-refractivity contribution in [2.24, 2.45) is 0 Å². The number of hydrogen-bond acceptors (Lipinski definition) is 6. The fourth-order valence-corrected chi connectivity index (χ4v) is 3.20. The minimum atomic E-state index is -0.541. The molecule has 1 fully saturated rings. The lowest BCUT2D eigenvalue weighted by atomic mass is 10.1. The molecule has 1 heterocycles. The first kappa shape index (κ1) is 18.2. The van der Waals surface area contributed by atoms with Crippen LogP contribution in [0.3, 0.4) is 0 Å². The number of nitrogens with one attached hydrogen (secondary N) is 1. The van der Waals surface area contributed by atoms with Crippen LogP contribution in [0.25, 0.3) is 0 Å². The van der Waals surface area contributed by atoms with Crippen LogP contribution in [0.5, 0.6) is 0 Å². The standard InChI is InChI=1S/C18H19N3O4S/c1-26-15-6-7-17(21(23)24)16(12-15)18(22)19-13-2-4-14(5-3-13)20-8-10-25-11-9-20/h2-7,12H,8-11H2,1H3,(H,19,22). The Morgan fingerprint density at radius 3 is 2.50 bits per heavy atom. The molecule has 0 aromatic heterocycles. The van der Waals surface area contributed by atoms with Gasteiger partial charge in [-0.2, -0.15) is 0 Å². The maximum atomic E-state index is 12.5. The van der Waals surface area contributed by atoms with E-state index in [1.807, 2.05) is 18.4 Å². The third-order valence-corrected chi connectivity index (χ3v) is 4.87. The minimum absolute atomic E-state index is 0.0547. The quantitative estimate of drug-likeness (QED) is 0.491. The molecule has 1 aliphatic rings. The number of carbonyl (C=O) groups excluding carboxylic acids is 1. The summed E-state index contributed by atoms with van der Waals surface area (Å²) in [6.45, 7) is 3.07. The van der Waals surface area contributed by atoms with Crippen molar-refractivity contribution >= 4 is 34.7 Å². The number of amides is 1. The lowest BCUT2D eigenvalue weighted by molar-refractivity contribution is -0.385. The summed E-state index contributed by atoms with van der Waals surface area (Å²) >= 11 is 1.43. The van der Waals surface area contributed by atoms with E-state index in [1.165, 1.54) is 17.8 Å². The summed E-state index contributed by atoms with van der Waals surface area (Å²) in [6.07, 6.45) is 1.85. The van der Waals surface area contributed by atoms with E-state index in [2.05, 4.69) is 10.2 Å². The van der Waals surface area contributed by atoms with Crippen molar-refractivity contribution in [3.05, 3.63) is 58.1 Å². The van der Waals surface area contributed by atoms with Crippen molar-refractivity contribution in [1.29, 1.82) is 0 Å². The van der Waals surface area contributed by atoms with Gasteiger partial charge in [-0.25, -0.2) is 0 Å². The van der Waals surface area contributed by atoms with Crippen LogP contribution in [0.2, 0.25) is 0 Å². The third kappa shape index (κ3) is 4.14. The number of morpholine rings is 1. The molecular weight excluding hydrogens is 354 g/mol. The highest BCUT2D eigenvalue weighted by atomic mass is 32.2. The Hall–Kier alpha value is -2.58. The maximum Gasteiger partial charge on any atom is 0.282 e. The van der Waals surface area contributed by atoms with E-state index in [-0.39, 0.29) is 11.3 Å². The average Bonchev–Trinajstić information content (AvgIpc) is 2.68. The van der Waals surface area contributed by atoms with E-state index in [4.69, 9.17) is 4.74 Å². The molecule has 1 aliphatic heterocycles. The Balaban J connectivity index is 1.76. The van der Waals surface area contributed by atoms with Gasteiger partial charge in [0.15, 0.2) is 0 Å².